The topological polar surface area (TPSA) is 41.5 Å². The second kappa shape index (κ2) is 5.47. The van der Waals surface area contributed by atoms with Gasteiger partial charge in [0.1, 0.15) is 0 Å². The van der Waals surface area contributed by atoms with E-state index in [2.05, 4.69) is 16.6 Å². The van der Waals surface area contributed by atoms with Crippen LogP contribution in [-0.2, 0) is 6.42 Å². The molecule has 2 aromatic carbocycles. The summed E-state index contributed by atoms with van der Waals surface area (Å²) in [6, 6.07) is 14.9. The van der Waals surface area contributed by atoms with E-state index in [-0.39, 0.29) is 5.91 Å². The number of carbonyl (C=O) groups excluding carboxylic acids is 1. The van der Waals surface area contributed by atoms with Gasteiger partial charge in [0, 0.05) is 16.1 Å². The molecule has 1 N–H and O–H groups in total. The molecule has 100 valence electrons. The predicted molar refractivity (Wildman–Crippen MR) is 80.2 cm³/mol. The van der Waals surface area contributed by atoms with Crippen LogP contribution in [0.25, 0.3) is 0 Å². The van der Waals surface area contributed by atoms with Crippen LogP contribution in [0, 0.1) is 0 Å². The molecule has 0 heterocycles. The van der Waals surface area contributed by atoms with E-state index in [0.717, 1.165) is 24.1 Å². The molecule has 3 rings (SSSR count). The van der Waals surface area contributed by atoms with Gasteiger partial charge in [0.05, 0.1) is 5.71 Å². The van der Waals surface area contributed by atoms with Gasteiger partial charge in [-0.05, 0) is 36.6 Å². The molecule has 1 amide bonds. The third-order valence-electron chi connectivity index (χ3n) is 3.34. The third kappa shape index (κ3) is 2.58. The molecule has 0 spiro atoms. The van der Waals surface area contributed by atoms with Crippen molar-refractivity contribution in [1.29, 1.82) is 0 Å². The van der Waals surface area contributed by atoms with Gasteiger partial charge in [-0.1, -0.05) is 41.9 Å². The summed E-state index contributed by atoms with van der Waals surface area (Å²) in [7, 11) is 0. The van der Waals surface area contributed by atoms with Gasteiger partial charge < -0.3 is 0 Å². The zero-order chi connectivity index (χ0) is 13.9. The first-order chi connectivity index (χ1) is 9.74. The van der Waals surface area contributed by atoms with E-state index in [1.165, 1.54) is 5.56 Å². The highest BCUT2D eigenvalue weighted by molar-refractivity contribution is 6.30. The highest BCUT2D eigenvalue weighted by atomic mass is 35.5. The maximum Gasteiger partial charge on any atom is 0.271 e. The summed E-state index contributed by atoms with van der Waals surface area (Å²) in [5, 5.41) is 4.78. The first-order valence-electron chi connectivity index (χ1n) is 6.45. The average molecular weight is 285 g/mol. The number of hydrogen-bond donors (Lipinski definition) is 1. The van der Waals surface area contributed by atoms with Crippen molar-refractivity contribution in [3.8, 4) is 0 Å². The molecule has 4 heteroatoms. The van der Waals surface area contributed by atoms with Crippen LogP contribution in [0.5, 0.6) is 0 Å². The molecular formula is C16H13ClN2O. The van der Waals surface area contributed by atoms with E-state index in [1.807, 2.05) is 18.2 Å². The Morgan fingerprint density at radius 3 is 2.80 bits per heavy atom. The van der Waals surface area contributed by atoms with E-state index in [9.17, 15) is 4.79 Å². The summed E-state index contributed by atoms with van der Waals surface area (Å²) >= 11 is 5.87. The second-order valence-corrected chi connectivity index (χ2v) is 5.10. The van der Waals surface area contributed by atoms with Crippen molar-refractivity contribution in [3.63, 3.8) is 0 Å². The number of nitrogens with one attached hydrogen (secondary N) is 1. The van der Waals surface area contributed by atoms with E-state index in [1.54, 1.807) is 24.3 Å². The molecule has 0 aromatic heterocycles. The lowest BCUT2D eigenvalue weighted by Gasteiger charge is -2.03. The van der Waals surface area contributed by atoms with Gasteiger partial charge in [0.2, 0.25) is 0 Å². The average Bonchev–Trinajstić information content (AvgIpc) is 2.88. The first kappa shape index (κ1) is 12.9. The molecule has 2 aromatic rings. The maximum atomic E-state index is 12.0. The number of fused-ring (bicyclic) bond motifs is 1. The van der Waals surface area contributed by atoms with Crippen molar-refractivity contribution in [1.82, 2.24) is 5.43 Å². The van der Waals surface area contributed by atoms with E-state index in [4.69, 9.17) is 11.6 Å². The minimum Gasteiger partial charge on any atom is -0.267 e. The van der Waals surface area contributed by atoms with Crippen molar-refractivity contribution in [2.75, 3.05) is 0 Å². The smallest absolute Gasteiger partial charge is 0.267 e. The normalized spacial score (nSPS) is 15.2. The number of rotatable bonds is 2. The Hall–Kier alpha value is -2.13. The van der Waals surface area contributed by atoms with Gasteiger partial charge >= 0.3 is 0 Å². The fraction of sp³-hybridized carbons (Fsp3) is 0.125. The second-order valence-electron chi connectivity index (χ2n) is 4.67. The Morgan fingerprint density at radius 1 is 1.10 bits per heavy atom. The lowest BCUT2D eigenvalue weighted by Crippen LogP contribution is -2.19. The lowest BCUT2D eigenvalue weighted by atomic mass is 10.1. The van der Waals surface area contributed by atoms with Crippen molar-refractivity contribution in [2.24, 2.45) is 5.10 Å². The molecule has 0 atom stereocenters. The number of benzene rings is 2. The van der Waals surface area contributed by atoms with Crippen LogP contribution >= 0.6 is 11.6 Å². The molecular weight excluding hydrogens is 272 g/mol. The van der Waals surface area contributed by atoms with Gasteiger partial charge in [-0.3, -0.25) is 4.79 Å². The molecule has 0 unspecified atom stereocenters. The Balaban J connectivity index is 1.77. The van der Waals surface area contributed by atoms with Gasteiger partial charge in [-0.15, -0.1) is 0 Å². The van der Waals surface area contributed by atoms with Crippen LogP contribution in [0.3, 0.4) is 0 Å². The van der Waals surface area contributed by atoms with E-state index < -0.39 is 0 Å². The zero-order valence-electron chi connectivity index (χ0n) is 10.8. The Kier molecular flexibility index (Phi) is 3.52. The SMILES string of the molecule is O=C(N/N=C1/CCc2ccccc21)c1cccc(Cl)c1. The van der Waals surface area contributed by atoms with Crippen LogP contribution < -0.4 is 5.43 Å². The lowest BCUT2D eigenvalue weighted by molar-refractivity contribution is 0.0955. The molecule has 1 aliphatic carbocycles. The first-order valence-corrected chi connectivity index (χ1v) is 6.82. The van der Waals surface area contributed by atoms with Crippen molar-refractivity contribution in [2.45, 2.75) is 12.8 Å². The minimum absolute atomic E-state index is 0.246. The van der Waals surface area contributed by atoms with Gasteiger partial charge in [-0.2, -0.15) is 5.10 Å². The third-order valence-corrected chi connectivity index (χ3v) is 3.57. The van der Waals surface area contributed by atoms with E-state index >= 15 is 0 Å². The molecule has 20 heavy (non-hydrogen) atoms. The summed E-state index contributed by atoms with van der Waals surface area (Å²) in [6.45, 7) is 0. The number of nitrogens with zero attached hydrogens (tertiary/aromatic N) is 1. The van der Waals surface area contributed by atoms with Crippen LogP contribution in [-0.4, -0.2) is 11.6 Å². The minimum atomic E-state index is -0.246. The standard InChI is InChI=1S/C16H13ClN2O/c17-13-6-3-5-12(10-13)16(20)19-18-15-9-8-11-4-1-2-7-14(11)15/h1-7,10H,8-9H2,(H,19,20)/b18-15-. The van der Waals surface area contributed by atoms with Crippen molar-refractivity contribution < 1.29 is 4.79 Å². The molecule has 0 bridgehead atoms. The van der Waals surface area contributed by atoms with Crippen LogP contribution in [0.1, 0.15) is 27.9 Å². The van der Waals surface area contributed by atoms with Crippen LogP contribution in [0.4, 0.5) is 0 Å². The van der Waals surface area contributed by atoms with Gasteiger partial charge in [-0.25, -0.2) is 5.43 Å². The summed E-state index contributed by atoms with van der Waals surface area (Å²) in [5.74, 6) is -0.246. The number of halogens is 1. The monoisotopic (exact) mass is 284 g/mol. The number of carbonyl (C=O) groups is 1. The summed E-state index contributed by atoms with van der Waals surface area (Å²) in [4.78, 5) is 12.0. The largest absolute Gasteiger partial charge is 0.271 e. The fourth-order valence-electron chi connectivity index (χ4n) is 2.34. The van der Waals surface area contributed by atoms with Gasteiger partial charge in [0.25, 0.3) is 5.91 Å². The Bertz CT molecular complexity index is 694. The highest BCUT2D eigenvalue weighted by Gasteiger charge is 2.17. The Labute approximate surface area is 122 Å². The molecule has 0 radical (unpaired) electrons. The summed E-state index contributed by atoms with van der Waals surface area (Å²) in [5.41, 5.74) is 6.44. The maximum absolute atomic E-state index is 12.0. The molecule has 3 nitrogen and oxygen atoms in total. The zero-order valence-corrected chi connectivity index (χ0v) is 11.5. The van der Waals surface area contributed by atoms with Crippen molar-refractivity contribution >= 4 is 23.2 Å². The number of aryl methyl sites for hydroxylation is 1. The molecule has 0 aliphatic heterocycles. The number of amides is 1. The summed E-state index contributed by atoms with van der Waals surface area (Å²) in [6.07, 6.45) is 1.83. The molecule has 0 fully saturated rings. The highest BCUT2D eigenvalue weighted by Crippen LogP contribution is 2.21. The Morgan fingerprint density at radius 2 is 1.95 bits per heavy atom. The quantitative estimate of drug-likeness (QED) is 0.844. The molecule has 0 saturated heterocycles. The summed E-state index contributed by atoms with van der Waals surface area (Å²) < 4.78 is 0. The number of hydrogen-bond acceptors (Lipinski definition) is 2. The van der Waals surface area contributed by atoms with Gasteiger partial charge in [0.15, 0.2) is 0 Å². The van der Waals surface area contributed by atoms with Crippen molar-refractivity contribution in [3.05, 3.63) is 70.2 Å². The fourth-order valence-corrected chi connectivity index (χ4v) is 2.53. The number of hydrazone groups is 1. The molecule has 1 aliphatic rings. The van der Waals surface area contributed by atoms with Crippen LogP contribution in [0.2, 0.25) is 5.02 Å². The molecule has 0 saturated carbocycles. The predicted octanol–water partition coefficient (Wildman–Crippen LogP) is 3.42. The van der Waals surface area contributed by atoms with E-state index in [0.29, 0.717) is 10.6 Å². The van der Waals surface area contributed by atoms with Crippen LogP contribution in [0.15, 0.2) is 53.6 Å².